The zero-order valence-corrected chi connectivity index (χ0v) is 22.9. The molecule has 1 aliphatic heterocycles. The van der Waals surface area contributed by atoms with Crippen LogP contribution in [0, 0.1) is 21.7 Å². The number of amides is 3. The Kier molecular flexibility index (Phi) is 7.80. The van der Waals surface area contributed by atoms with Gasteiger partial charge in [-0.15, -0.1) is 0 Å². The summed E-state index contributed by atoms with van der Waals surface area (Å²) in [5, 5.41) is 18.9. The lowest BCUT2D eigenvalue weighted by Crippen LogP contribution is -2.33. The van der Waals surface area contributed by atoms with Gasteiger partial charge in [-0.1, -0.05) is 6.07 Å². The van der Waals surface area contributed by atoms with Crippen LogP contribution < -0.4 is 4.90 Å². The Balaban J connectivity index is 1.11. The predicted molar refractivity (Wildman–Crippen MR) is 147 cm³/mol. The summed E-state index contributed by atoms with van der Waals surface area (Å²) in [4.78, 5) is 51.5. The first-order valence-corrected chi connectivity index (χ1v) is 13.6. The summed E-state index contributed by atoms with van der Waals surface area (Å²) < 4.78 is 44.0. The third-order valence-electron chi connectivity index (χ3n) is 7.31. The lowest BCUT2D eigenvalue weighted by molar-refractivity contribution is -0.383. The van der Waals surface area contributed by atoms with Crippen molar-refractivity contribution in [3.63, 3.8) is 0 Å². The van der Waals surface area contributed by atoms with E-state index < -0.39 is 40.9 Å². The van der Waals surface area contributed by atoms with Crippen LogP contribution in [-0.4, -0.2) is 70.8 Å². The van der Waals surface area contributed by atoms with Gasteiger partial charge in [0.15, 0.2) is 5.52 Å². The molecule has 44 heavy (non-hydrogen) atoms. The number of aromatic nitrogens is 2. The van der Waals surface area contributed by atoms with Crippen LogP contribution in [-0.2, 0) is 14.3 Å². The molecule has 4 aromatic rings. The van der Waals surface area contributed by atoms with Crippen molar-refractivity contribution in [1.29, 1.82) is 0 Å². The Hall–Kier alpha value is -5.15. The molecule has 1 aromatic heterocycles. The van der Waals surface area contributed by atoms with Crippen LogP contribution in [0.1, 0.15) is 45.0 Å². The molecular weight excluding hydrogens is 584 g/mol. The maximum atomic E-state index is 14.2. The van der Waals surface area contributed by atoms with Gasteiger partial charge in [-0.25, -0.2) is 13.4 Å². The second-order valence-electron chi connectivity index (χ2n) is 10.1. The quantitative estimate of drug-likeness (QED) is 0.0985. The van der Waals surface area contributed by atoms with Crippen molar-refractivity contribution < 1.29 is 42.2 Å². The molecule has 0 unspecified atom stereocenters. The standard InChI is InChI=1S/C29H23F2N5O8/c30-17-6-7-21(19(14-17)16-4-5-16)35(22-8-9-23(36(40)41)27-26(22)32-44-33-27)24(37)15-43-13-12-42-11-10-34-28(38)18-2-1-3-20(31)25(18)29(34)39/h1-3,6-9,14,16H,4-5,10-13,15H2. The number of anilines is 2. The van der Waals surface area contributed by atoms with E-state index >= 15 is 0 Å². The molecule has 226 valence electrons. The van der Waals surface area contributed by atoms with Crippen molar-refractivity contribution >= 4 is 45.8 Å². The van der Waals surface area contributed by atoms with E-state index in [1.807, 2.05) is 0 Å². The van der Waals surface area contributed by atoms with E-state index in [1.165, 1.54) is 47.4 Å². The monoisotopic (exact) mass is 607 g/mol. The molecule has 2 aliphatic rings. The minimum Gasteiger partial charge on any atom is -0.377 e. The second kappa shape index (κ2) is 11.9. The number of rotatable bonds is 12. The van der Waals surface area contributed by atoms with Crippen molar-refractivity contribution in [1.82, 2.24) is 15.2 Å². The molecule has 0 spiro atoms. The number of non-ortho nitro benzene ring substituents is 1. The molecule has 1 fully saturated rings. The summed E-state index contributed by atoms with van der Waals surface area (Å²) in [6.07, 6.45) is 1.62. The summed E-state index contributed by atoms with van der Waals surface area (Å²) in [6.45, 7) is -0.641. The lowest BCUT2D eigenvalue weighted by Gasteiger charge is -2.25. The minimum absolute atomic E-state index is 0.000837. The van der Waals surface area contributed by atoms with E-state index in [1.54, 1.807) is 0 Å². The fourth-order valence-electron chi connectivity index (χ4n) is 5.11. The van der Waals surface area contributed by atoms with Gasteiger partial charge >= 0.3 is 5.69 Å². The van der Waals surface area contributed by atoms with Gasteiger partial charge < -0.3 is 9.47 Å². The van der Waals surface area contributed by atoms with Gasteiger partial charge in [0, 0.05) is 6.07 Å². The number of nitro benzene ring substituents is 1. The van der Waals surface area contributed by atoms with Crippen molar-refractivity contribution in [2.75, 3.05) is 37.9 Å². The third kappa shape index (κ3) is 5.38. The first kappa shape index (κ1) is 28.9. The van der Waals surface area contributed by atoms with Crippen LogP contribution in [0.15, 0.2) is 53.2 Å². The van der Waals surface area contributed by atoms with Crippen molar-refractivity contribution in [3.05, 3.63) is 87.0 Å². The summed E-state index contributed by atoms with van der Waals surface area (Å²) in [6, 6.07) is 10.4. The van der Waals surface area contributed by atoms with E-state index in [9.17, 15) is 33.3 Å². The number of ether oxygens (including phenoxy) is 2. The molecule has 15 heteroatoms. The van der Waals surface area contributed by atoms with E-state index in [-0.39, 0.29) is 65.8 Å². The zero-order chi connectivity index (χ0) is 31.0. The molecule has 6 rings (SSSR count). The highest BCUT2D eigenvalue weighted by atomic mass is 19.1. The fourth-order valence-corrected chi connectivity index (χ4v) is 5.11. The van der Waals surface area contributed by atoms with Gasteiger partial charge in [0.05, 0.1) is 53.8 Å². The number of imide groups is 1. The number of nitrogens with zero attached hydrogens (tertiary/aromatic N) is 5. The molecule has 0 saturated heterocycles. The SMILES string of the molecule is O=C1c2cccc(F)c2C(=O)N1CCOCCOCC(=O)N(c1ccc(F)cc1C1CC1)c1ccc([N+](=O)[O-])c2nonc12. The number of fused-ring (bicyclic) bond motifs is 2. The number of carbonyl (C=O) groups excluding carboxylic acids is 3. The molecule has 3 aromatic carbocycles. The van der Waals surface area contributed by atoms with Gasteiger partial charge in [0.2, 0.25) is 5.52 Å². The average Bonchev–Trinajstić information content (AvgIpc) is 3.68. The van der Waals surface area contributed by atoms with Gasteiger partial charge in [-0.3, -0.25) is 34.3 Å². The molecule has 0 N–H and O–H groups in total. The van der Waals surface area contributed by atoms with E-state index in [0.717, 1.165) is 23.8 Å². The van der Waals surface area contributed by atoms with E-state index in [0.29, 0.717) is 11.3 Å². The van der Waals surface area contributed by atoms with Crippen molar-refractivity contribution in [2.24, 2.45) is 0 Å². The number of hydrogen-bond acceptors (Lipinski definition) is 10. The van der Waals surface area contributed by atoms with E-state index in [4.69, 9.17) is 14.1 Å². The number of carbonyl (C=O) groups is 3. The normalized spacial score (nSPS) is 14.4. The Morgan fingerprint density at radius 1 is 1.00 bits per heavy atom. The van der Waals surface area contributed by atoms with Crippen LogP contribution in [0.2, 0.25) is 0 Å². The maximum Gasteiger partial charge on any atom is 0.300 e. The van der Waals surface area contributed by atoms with Gasteiger partial charge in [0.25, 0.3) is 17.7 Å². The predicted octanol–water partition coefficient (Wildman–Crippen LogP) is 4.28. The minimum atomic E-state index is -0.768. The first-order valence-electron chi connectivity index (χ1n) is 13.6. The van der Waals surface area contributed by atoms with Crippen molar-refractivity contribution in [3.8, 4) is 0 Å². The Morgan fingerprint density at radius 3 is 2.50 bits per heavy atom. The van der Waals surface area contributed by atoms with Crippen LogP contribution >= 0.6 is 0 Å². The van der Waals surface area contributed by atoms with Crippen LogP contribution in [0.3, 0.4) is 0 Å². The summed E-state index contributed by atoms with van der Waals surface area (Å²) in [5.74, 6) is -3.13. The summed E-state index contributed by atoms with van der Waals surface area (Å²) in [5.41, 5.74) is 0.291. The molecule has 2 heterocycles. The number of hydrogen-bond donors (Lipinski definition) is 0. The molecule has 0 bridgehead atoms. The zero-order valence-electron chi connectivity index (χ0n) is 22.9. The van der Waals surface area contributed by atoms with Crippen molar-refractivity contribution in [2.45, 2.75) is 18.8 Å². The van der Waals surface area contributed by atoms with E-state index in [2.05, 4.69) is 10.3 Å². The molecule has 1 aliphatic carbocycles. The number of benzene rings is 3. The number of halogens is 2. The Bertz CT molecular complexity index is 1810. The average molecular weight is 608 g/mol. The van der Waals surface area contributed by atoms with Gasteiger partial charge in [-0.05, 0) is 71.0 Å². The highest BCUT2D eigenvalue weighted by Gasteiger charge is 2.37. The maximum absolute atomic E-state index is 14.2. The second-order valence-corrected chi connectivity index (χ2v) is 10.1. The summed E-state index contributed by atoms with van der Waals surface area (Å²) >= 11 is 0. The first-order chi connectivity index (χ1) is 21.3. The molecule has 1 saturated carbocycles. The molecule has 0 atom stereocenters. The molecule has 0 radical (unpaired) electrons. The van der Waals surface area contributed by atoms with Crippen LogP contribution in [0.5, 0.6) is 0 Å². The van der Waals surface area contributed by atoms with Gasteiger partial charge in [-0.2, -0.15) is 0 Å². The molecule has 3 amide bonds. The highest BCUT2D eigenvalue weighted by molar-refractivity contribution is 6.21. The Morgan fingerprint density at radius 2 is 1.75 bits per heavy atom. The third-order valence-corrected chi connectivity index (χ3v) is 7.31. The van der Waals surface area contributed by atoms with Crippen LogP contribution in [0.4, 0.5) is 25.8 Å². The number of nitro groups is 1. The fraction of sp³-hybridized carbons (Fsp3) is 0.276. The molecule has 13 nitrogen and oxygen atoms in total. The summed E-state index contributed by atoms with van der Waals surface area (Å²) in [7, 11) is 0. The van der Waals surface area contributed by atoms with Crippen LogP contribution in [0.25, 0.3) is 11.0 Å². The lowest BCUT2D eigenvalue weighted by atomic mass is 10.1. The highest BCUT2D eigenvalue weighted by Crippen LogP contribution is 2.47. The Labute approximate surface area is 247 Å². The topological polar surface area (TPSA) is 158 Å². The largest absolute Gasteiger partial charge is 0.377 e. The smallest absolute Gasteiger partial charge is 0.300 e. The van der Waals surface area contributed by atoms with Gasteiger partial charge in [0.1, 0.15) is 18.2 Å². The molecular formula is C29H23F2N5O8.